The molecule has 1 aliphatic carbocycles. The van der Waals surface area contributed by atoms with Crippen molar-refractivity contribution < 1.29 is 17.3 Å². The smallest absolute Gasteiger partial charge is 0.306 e. The number of hydrogen-bond donors (Lipinski definition) is 0. The van der Waals surface area contributed by atoms with Gasteiger partial charge in [-0.1, -0.05) is 55.0 Å². The highest BCUT2D eigenvalue weighted by atomic mass is 32.2. The summed E-state index contributed by atoms with van der Waals surface area (Å²) in [4.78, 5) is 2.49. The van der Waals surface area contributed by atoms with Crippen molar-refractivity contribution in [2.75, 3.05) is 32.5 Å². The lowest BCUT2D eigenvalue weighted by molar-refractivity contribution is 0.183. The van der Waals surface area contributed by atoms with Crippen molar-refractivity contribution in [3.63, 3.8) is 0 Å². The second-order valence-corrected chi connectivity index (χ2v) is 11.3. The fourth-order valence-electron chi connectivity index (χ4n) is 5.20. The number of nitrogens with zero attached hydrogens (tertiary/aromatic N) is 1. The summed E-state index contributed by atoms with van der Waals surface area (Å²) >= 11 is 0. The van der Waals surface area contributed by atoms with Crippen LogP contribution in [-0.2, 0) is 23.0 Å². The molecule has 1 aliphatic heterocycles. The van der Waals surface area contributed by atoms with Gasteiger partial charge < -0.3 is 8.92 Å². The van der Waals surface area contributed by atoms with Crippen molar-refractivity contribution in [1.82, 2.24) is 4.90 Å². The second kappa shape index (κ2) is 10.9. The highest BCUT2D eigenvalue weighted by molar-refractivity contribution is 7.86. The predicted molar refractivity (Wildman–Crippen MR) is 145 cm³/mol. The van der Waals surface area contributed by atoms with Crippen LogP contribution in [-0.4, -0.2) is 45.8 Å². The molecule has 188 valence electrons. The number of piperidine rings is 1. The Morgan fingerprint density at radius 3 is 2.31 bits per heavy atom. The lowest BCUT2D eigenvalue weighted by Gasteiger charge is -2.26. The Bertz CT molecular complexity index is 1330. The lowest BCUT2D eigenvalue weighted by Crippen LogP contribution is -2.33. The molecule has 1 fully saturated rings. The standard InChI is InChI=1S/C30H33NO4S/c1-36(32,33)35-27-14-15-28-25(21-27)22-29(24-8-4-2-5-9-24)30(28)20-23-10-12-26(13-11-23)34-19-18-31-16-6-3-7-17-31/h2,4-5,8-15,21H,3,6-7,16-20,22H2,1H3. The van der Waals surface area contributed by atoms with Gasteiger partial charge >= 0.3 is 10.1 Å². The fourth-order valence-corrected chi connectivity index (χ4v) is 5.65. The van der Waals surface area contributed by atoms with Gasteiger partial charge in [0.1, 0.15) is 18.1 Å². The molecule has 2 aliphatic rings. The van der Waals surface area contributed by atoms with E-state index in [9.17, 15) is 8.42 Å². The molecular formula is C30H33NO4S. The lowest BCUT2D eigenvalue weighted by atomic mass is 9.95. The first-order chi connectivity index (χ1) is 17.4. The number of ether oxygens (including phenoxy) is 1. The summed E-state index contributed by atoms with van der Waals surface area (Å²) in [6.45, 7) is 4.07. The molecular weight excluding hydrogens is 470 g/mol. The number of fused-ring (bicyclic) bond motifs is 1. The third kappa shape index (κ3) is 6.18. The van der Waals surface area contributed by atoms with Crippen molar-refractivity contribution >= 4 is 21.3 Å². The SMILES string of the molecule is CS(=O)(=O)Oc1ccc2c(c1)CC(c1ccccc1)=C2Cc1ccc(OCCN2CCCCC2)cc1. The van der Waals surface area contributed by atoms with E-state index in [0.29, 0.717) is 12.4 Å². The van der Waals surface area contributed by atoms with Crippen molar-refractivity contribution in [1.29, 1.82) is 0 Å². The number of likely N-dealkylation sites (tertiary alicyclic amines) is 1. The monoisotopic (exact) mass is 503 g/mol. The molecule has 0 radical (unpaired) electrons. The molecule has 0 bridgehead atoms. The third-order valence-corrected chi connectivity index (χ3v) is 7.43. The van der Waals surface area contributed by atoms with E-state index in [4.69, 9.17) is 8.92 Å². The molecule has 1 heterocycles. The highest BCUT2D eigenvalue weighted by Crippen LogP contribution is 2.41. The van der Waals surface area contributed by atoms with E-state index >= 15 is 0 Å². The molecule has 0 spiro atoms. The Balaban J connectivity index is 1.32. The van der Waals surface area contributed by atoms with E-state index in [1.54, 1.807) is 6.07 Å². The average Bonchev–Trinajstić information content (AvgIpc) is 3.23. The summed E-state index contributed by atoms with van der Waals surface area (Å²) in [6, 6.07) is 24.4. The van der Waals surface area contributed by atoms with Crippen LogP contribution in [0.15, 0.2) is 72.8 Å². The van der Waals surface area contributed by atoms with E-state index < -0.39 is 10.1 Å². The zero-order valence-corrected chi connectivity index (χ0v) is 21.6. The van der Waals surface area contributed by atoms with Gasteiger partial charge in [-0.15, -0.1) is 0 Å². The predicted octanol–water partition coefficient (Wildman–Crippen LogP) is 5.60. The minimum Gasteiger partial charge on any atom is -0.492 e. The second-order valence-electron chi connectivity index (χ2n) is 9.68. The molecule has 0 aromatic heterocycles. The van der Waals surface area contributed by atoms with Crippen LogP contribution in [0, 0.1) is 0 Å². The van der Waals surface area contributed by atoms with Gasteiger partial charge in [-0.3, -0.25) is 4.90 Å². The van der Waals surface area contributed by atoms with Gasteiger partial charge in [-0.25, -0.2) is 0 Å². The van der Waals surface area contributed by atoms with E-state index in [-0.39, 0.29) is 0 Å². The van der Waals surface area contributed by atoms with Gasteiger partial charge in [0, 0.05) is 6.54 Å². The zero-order chi connectivity index (χ0) is 25.0. The Labute approximate surface area is 214 Å². The minimum atomic E-state index is -3.57. The topological polar surface area (TPSA) is 55.8 Å². The van der Waals surface area contributed by atoms with E-state index in [1.165, 1.54) is 54.6 Å². The van der Waals surface area contributed by atoms with Crippen LogP contribution in [0.4, 0.5) is 0 Å². The van der Waals surface area contributed by atoms with Gasteiger partial charge in [0.25, 0.3) is 0 Å². The normalized spacial score (nSPS) is 16.1. The first-order valence-corrected chi connectivity index (χ1v) is 14.5. The minimum absolute atomic E-state index is 0.357. The van der Waals surface area contributed by atoms with Gasteiger partial charge in [-0.05, 0) is 96.4 Å². The van der Waals surface area contributed by atoms with E-state index in [2.05, 4.69) is 53.4 Å². The number of hydrogen-bond acceptors (Lipinski definition) is 5. The first-order valence-electron chi connectivity index (χ1n) is 12.7. The molecule has 5 rings (SSSR count). The van der Waals surface area contributed by atoms with E-state index in [1.807, 2.05) is 18.2 Å². The third-order valence-electron chi connectivity index (χ3n) is 6.93. The van der Waals surface area contributed by atoms with Crippen LogP contribution in [0.3, 0.4) is 0 Å². The Hall–Kier alpha value is -3.09. The van der Waals surface area contributed by atoms with Gasteiger partial charge in [0.15, 0.2) is 0 Å². The number of allylic oxidation sites excluding steroid dienone is 2. The Kier molecular flexibility index (Phi) is 7.44. The largest absolute Gasteiger partial charge is 0.492 e. The molecule has 1 saturated heterocycles. The summed E-state index contributed by atoms with van der Waals surface area (Å²) < 4.78 is 34.4. The average molecular weight is 504 g/mol. The summed E-state index contributed by atoms with van der Waals surface area (Å²) in [6.07, 6.45) is 6.54. The van der Waals surface area contributed by atoms with Crippen LogP contribution in [0.1, 0.15) is 41.5 Å². The number of benzene rings is 3. The van der Waals surface area contributed by atoms with Crippen molar-refractivity contribution in [3.05, 3.63) is 95.1 Å². The van der Waals surface area contributed by atoms with Gasteiger partial charge in [0.05, 0.1) is 6.26 Å². The summed E-state index contributed by atoms with van der Waals surface area (Å²) in [5.74, 6) is 1.26. The number of rotatable bonds is 9. The van der Waals surface area contributed by atoms with Crippen LogP contribution >= 0.6 is 0 Å². The molecule has 0 unspecified atom stereocenters. The maximum atomic E-state index is 11.6. The Morgan fingerprint density at radius 1 is 0.861 bits per heavy atom. The van der Waals surface area contributed by atoms with Gasteiger partial charge in [0.2, 0.25) is 0 Å². The molecule has 5 nitrogen and oxygen atoms in total. The summed E-state index contributed by atoms with van der Waals surface area (Å²) in [5.41, 5.74) is 7.17. The van der Waals surface area contributed by atoms with Crippen molar-refractivity contribution in [3.8, 4) is 11.5 Å². The Morgan fingerprint density at radius 2 is 1.58 bits per heavy atom. The molecule has 0 amide bonds. The quantitative estimate of drug-likeness (QED) is 0.356. The van der Waals surface area contributed by atoms with Crippen LogP contribution in [0.5, 0.6) is 11.5 Å². The van der Waals surface area contributed by atoms with E-state index in [0.717, 1.165) is 42.5 Å². The van der Waals surface area contributed by atoms with Gasteiger partial charge in [-0.2, -0.15) is 8.42 Å². The van der Waals surface area contributed by atoms with Crippen LogP contribution in [0.25, 0.3) is 11.1 Å². The fraction of sp³-hybridized carbons (Fsp3) is 0.333. The molecule has 3 aromatic carbocycles. The summed E-state index contributed by atoms with van der Waals surface area (Å²) in [7, 11) is -3.57. The maximum absolute atomic E-state index is 11.6. The zero-order valence-electron chi connectivity index (χ0n) is 20.8. The first kappa shape index (κ1) is 24.6. The molecule has 0 saturated carbocycles. The highest BCUT2D eigenvalue weighted by Gasteiger charge is 2.24. The molecule has 3 aromatic rings. The van der Waals surface area contributed by atoms with Crippen LogP contribution < -0.4 is 8.92 Å². The maximum Gasteiger partial charge on any atom is 0.306 e. The molecule has 6 heteroatoms. The summed E-state index contributed by atoms with van der Waals surface area (Å²) in [5, 5.41) is 0. The molecule has 36 heavy (non-hydrogen) atoms. The van der Waals surface area contributed by atoms with Crippen LogP contribution in [0.2, 0.25) is 0 Å². The molecule has 0 N–H and O–H groups in total. The van der Waals surface area contributed by atoms with Crippen molar-refractivity contribution in [2.24, 2.45) is 0 Å². The van der Waals surface area contributed by atoms with Crippen molar-refractivity contribution in [2.45, 2.75) is 32.1 Å². The molecule has 0 atom stereocenters.